The number of likely N-dealkylation sites (tertiary alicyclic amines) is 1. The first-order chi connectivity index (χ1) is 6.95. The van der Waals surface area contributed by atoms with Crippen molar-refractivity contribution in [2.24, 2.45) is 23.2 Å². The van der Waals surface area contributed by atoms with Crippen LogP contribution in [0.2, 0.25) is 0 Å². The summed E-state index contributed by atoms with van der Waals surface area (Å²) in [6.07, 6.45) is 5.95. The fraction of sp³-hybridized carbons (Fsp3) is 1.00. The molecule has 1 nitrogen and oxygen atoms in total. The predicted molar refractivity (Wildman–Crippen MR) is 63.8 cm³/mol. The van der Waals surface area contributed by atoms with E-state index in [9.17, 15) is 0 Å². The highest BCUT2D eigenvalue weighted by Crippen LogP contribution is 2.67. The number of hydrogen-bond acceptors (Lipinski definition) is 1. The number of nitrogens with zero attached hydrogens (tertiary/aromatic N) is 1. The summed E-state index contributed by atoms with van der Waals surface area (Å²) in [6.45, 7) is 8.73. The van der Waals surface area contributed by atoms with Crippen LogP contribution in [0.1, 0.15) is 46.5 Å². The Hall–Kier alpha value is -0.0400. The monoisotopic (exact) mass is 207 g/mol. The highest BCUT2D eigenvalue weighted by molar-refractivity contribution is 5.18. The summed E-state index contributed by atoms with van der Waals surface area (Å²) in [7, 11) is 2.37. The largest absolute Gasteiger partial charge is 0.300 e. The molecule has 1 heteroatoms. The molecule has 15 heavy (non-hydrogen) atoms. The lowest BCUT2D eigenvalue weighted by Crippen LogP contribution is -2.50. The van der Waals surface area contributed by atoms with Gasteiger partial charge in [0.2, 0.25) is 0 Å². The van der Waals surface area contributed by atoms with Crippen molar-refractivity contribution in [1.82, 2.24) is 4.90 Å². The first-order valence-electron chi connectivity index (χ1n) is 6.66. The van der Waals surface area contributed by atoms with Gasteiger partial charge in [-0.3, -0.25) is 0 Å². The molecule has 0 aromatic carbocycles. The van der Waals surface area contributed by atoms with Crippen LogP contribution >= 0.6 is 0 Å². The van der Waals surface area contributed by atoms with Crippen LogP contribution in [0.5, 0.6) is 0 Å². The van der Waals surface area contributed by atoms with E-state index in [0.29, 0.717) is 11.0 Å². The van der Waals surface area contributed by atoms with Crippen LogP contribution < -0.4 is 0 Å². The van der Waals surface area contributed by atoms with Gasteiger partial charge in [0.25, 0.3) is 0 Å². The molecule has 2 saturated carbocycles. The van der Waals surface area contributed by atoms with E-state index >= 15 is 0 Å². The Morgan fingerprint density at radius 3 is 2.53 bits per heavy atom. The summed E-state index contributed by atoms with van der Waals surface area (Å²) in [5.41, 5.74) is 1.11. The van der Waals surface area contributed by atoms with Gasteiger partial charge in [-0.15, -0.1) is 0 Å². The van der Waals surface area contributed by atoms with Crippen molar-refractivity contribution in [3.63, 3.8) is 0 Å². The minimum Gasteiger partial charge on any atom is -0.300 e. The summed E-state index contributed by atoms with van der Waals surface area (Å²) in [5.74, 6) is 3.13. The molecule has 86 valence electrons. The zero-order chi connectivity index (χ0) is 10.8. The summed E-state index contributed by atoms with van der Waals surface area (Å²) >= 11 is 0. The molecule has 1 spiro atoms. The summed E-state index contributed by atoms with van der Waals surface area (Å²) in [4.78, 5) is 2.70. The molecule has 0 bridgehead atoms. The van der Waals surface area contributed by atoms with E-state index in [-0.39, 0.29) is 0 Å². The smallest absolute Gasteiger partial charge is 0.0245 e. The van der Waals surface area contributed by atoms with Crippen LogP contribution in [-0.2, 0) is 0 Å². The van der Waals surface area contributed by atoms with Crippen molar-refractivity contribution in [2.45, 2.75) is 52.0 Å². The maximum absolute atomic E-state index is 2.70. The minimum absolute atomic E-state index is 0.508. The Bertz CT molecular complexity index is 278. The van der Waals surface area contributed by atoms with Crippen LogP contribution in [0.15, 0.2) is 0 Å². The van der Waals surface area contributed by atoms with E-state index in [4.69, 9.17) is 0 Å². The number of rotatable bonds is 0. The second-order valence-electron chi connectivity index (χ2n) is 7.34. The lowest BCUT2D eigenvalue weighted by Gasteiger charge is -2.46. The quantitative estimate of drug-likeness (QED) is 0.590. The van der Waals surface area contributed by atoms with Crippen LogP contribution in [0.3, 0.4) is 0 Å². The van der Waals surface area contributed by atoms with Crippen molar-refractivity contribution < 1.29 is 0 Å². The third kappa shape index (κ3) is 1.25. The lowest BCUT2D eigenvalue weighted by molar-refractivity contribution is 0.0330. The maximum Gasteiger partial charge on any atom is 0.0245 e. The normalized spacial score (nSPS) is 50.0. The fourth-order valence-corrected chi connectivity index (χ4v) is 5.03. The standard InChI is InChI=1S/C14H25N/c1-13(2,3)12-11-8-10(11)9-14(12)6-5-7-15(14)4/h10-12H,5-9H2,1-4H3. The first kappa shape index (κ1) is 10.1. The third-order valence-corrected chi connectivity index (χ3v) is 5.40. The second-order valence-corrected chi connectivity index (χ2v) is 7.34. The Balaban J connectivity index is 1.95. The van der Waals surface area contributed by atoms with Crippen molar-refractivity contribution >= 4 is 0 Å². The molecule has 4 unspecified atom stereocenters. The van der Waals surface area contributed by atoms with Crippen molar-refractivity contribution in [2.75, 3.05) is 13.6 Å². The van der Waals surface area contributed by atoms with Crippen LogP contribution in [-0.4, -0.2) is 24.0 Å². The Morgan fingerprint density at radius 2 is 2.00 bits per heavy atom. The molecule has 4 atom stereocenters. The second kappa shape index (κ2) is 2.80. The molecule has 0 aromatic heterocycles. The van der Waals surface area contributed by atoms with Gasteiger partial charge in [0.05, 0.1) is 0 Å². The molecule has 0 radical (unpaired) electrons. The molecule has 3 fully saturated rings. The molecule has 2 aliphatic carbocycles. The van der Waals surface area contributed by atoms with Crippen LogP contribution in [0.25, 0.3) is 0 Å². The van der Waals surface area contributed by atoms with Gasteiger partial charge in [-0.05, 0) is 62.4 Å². The van der Waals surface area contributed by atoms with Crippen molar-refractivity contribution in [1.29, 1.82) is 0 Å². The summed E-state index contributed by atoms with van der Waals surface area (Å²) in [6, 6.07) is 0. The van der Waals surface area contributed by atoms with Gasteiger partial charge in [0, 0.05) is 5.54 Å². The average Bonchev–Trinajstić information content (AvgIpc) is 2.60. The molecule has 1 heterocycles. The molecule has 3 rings (SSSR count). The fourth-order valence-electron chi connectivity index (χ4n) is 5.03. The lowest BCUT2D eigenvalue weighted by atomic mass is 9.67. The van der Waals surface area contributed by atoms with E-state index < -0.39 is 0 Å². The van der Waals surface area contributed by atoms with E-state index in [0.717, 1.165) is 17.8 Å². The van der Waals surface area contributed by atoms with E-state index in [1.165, 1.54) is 32.2 Å². The van der Waals surface area contributed by atoms with Crippen LogP contribution in [0.4, 0.5) is 0 Å². The molecule has 0 amide bonds. The van der Waals surface area contributed by atoms with E-state index in [2.05, 4.69) is 32.7 Å². The summed E-state index contributed by atoms with van der Waals surface area (Å²) < 4.78 is 0. The zero-order valence-electron chi connectivity index (χ0n) is 10.7. The van der Waals surface area contributed by atoms with Crippen molar-refractivity contribution in [3.05, 3.63) is 0 Å². The van der Waals surface area contributed by atoms with E-state index in [1.54, 1.807) is 0 Å². The van der Waals surface area contributed by atoms with Gasteiger partial charge >= 0.3 is 0 Å². The third-order valence-electron chi connectivity index (χ3n) is 5.40. The average molecular weight is 207 g/mol. The molecule has 3 aliphatic rings. The Morgan fingerprint density at radius 1 is 1.27 bits per heavy atom. The molecule has 0 aromatic rings. The predicted octanol–water partition coefficient (Wildman–Crippen LogP) is 3.15. The van der Waals surface area contributed by atoms with Gasteiger partial charge in [0.15, 0.2) is 0 Å². The minimum atomic E-state index is 0.508. The number of hydrogen-bond donors (Lipinski definition) is 0. The van der Waals surface area contributed by atoms with E-state index in [1.807, 2.05) is 0 Å². The molecule has 1 aliphatic heterocycles. The van der Waals surface area contributed by atoms with Gasteiger partial charge in [-0.2, -0.15) is 0 Å². The summed E-state index contributed by atoms with van der Waals surface area (Å²) in [5, 5.41) is 0. The van der Waals surface area contributed by atoms with Gasteiger partial charge in [-0.1, -0.05) is 20.8 Å². The molecular formula is C14H25N. The highest BCUT2D eigenvalue weighted by atomic mass is 15.2. The first-order valence-corrected chi connectivity index (χ1v) is 6.66. The Labute approximate surface area is 94.2 Å². The number of fused-ring (bicyclic) bond motifs is 1. The van der Waals surface area contributed by atoms with Gasteiger partial charge < -0.3 is 4.90 Å². The van der Waals surface area contributed by atoms with Gasteiger partial charge in [-0.25, -0.2) is 0 Å². The van der Waals surface area contributed by atoms with Crippen molar-refractivity contribution in [3.8, 4) is 0 Å². The van der Waals surface area contributed by atoms with Gasteiger partial charge in [0.1, 0.15) is 0 Å². The zero-order valence-corrected chi connectivity index (χ0v) is 10.7. The molecule has 1 saturated heterocycles. The SMILES string of the molecule is CN1CCCC12CC1CC1C2C(C)(C)C. The maximum atomic E-state index is 2.70. The Kier molecular flexibility index (Phi) is 1.89. The van der Waals surface area contributed by atoms with Crippen LogP contribution in [0, 0.1) is 23.2 Å². The topological polar surface area (TPSA) is 3.24 Å². The highest BCUT2D eigenvalue weighted by Gasteiger charge is 2.65. The molecular weight excluding hydrogens is 182 g/mol. The molecule has 0 N–H and O–H groups in total.